The van der Waals surface area contributed by atoms with E-state index in [1.54, 1.807) is 53.4 Å². The molecule has 138 valence electrons. The monoisotopic (exact) mass is 373 g/mol. The molecule has 0 spiro atoms. The van der Waals surface area contributed by atoms with Crippen LogP contribution >= 0.6 is 0 Å². The SMILES string of the molecule is CCOc1ccccc1C(=O)N1CCCC1CS(=O)(=O)c1ccccc1. The van der Waals surface area contributed by atoms with Gasteiger partial charge in [-0.15, -0.1) is 0 Å². The number of para-hydroxylation sites is 1. The molecule has 1 fully saturated rings. The number of sulfone groups is 1. The number of rotatable bonds is 6. The van der Waals surface area contributed by atoms with Crippen molar-refractivity contribution in [3.63, 3.8) is 0 Å². The first-order valence-electron chi connectivity index (χ1n) is 8.83. The van der Waals surface area contributed by atoms with E-state index in [4.69, 9.17) is 4.74 Å². The van der Waals surface area contributed by atoms with Crippen LogP contribution in [-0.4, -0.2) is 44.2 Å². The highest BCUT2D eigenvalue weighted by Gasteiger charge is 2.34. The smallest absolute Gasteiger partial charge is 0.257 e. The highest BCUT2D eigenvalue weighted by molar-refractivity contribution is 7.91. The molecule has 0 bridgehead atoms. The Bertz CT molecular complexity index is 864. The minimum absolute atomic E-state index is 0.0560. The Balaban J connectivity index is 1.82. The standard InChI is InChI=1S/C20H23NO4S/c1-2-25-19-13-7-6-12-18(19)20(22)21-14-8-9-16(21)15-26(23,24)17-10-4-3-5-11-17/h3-7,10-13,16H,2,8-9,14-15H2,1H3. The number of amides is 1. The molecule has 5 nitrogen and oxygen atoms in total. The first kappa shape index (κ1) is 18.5. The van der Waals surface area contributed by atoms with E-state index in [-0.39, 0.29) is 17.7 Å². The summed E-state index contributed by atoms with van der Waals surface area (Å²) in [4.78, 5) is 15.0. The summed E-state index contributed by atoms with van der Waals surface area (Å²) in [5.74, 6) is 0.316. The van der Waals surface area contributed by atoms with Crippen molar-refractivity contribution < 1.29 is 17.9 Å². The zero-order valence-electron chi connectivity index (χ0n) is 14.8. The van der Waals surface area contributed by atoms with Crippen LogP contribution < -0.4 is 4.74 Å². The third kappa shape index (κ3) is 3.90. The van der Waals surface area contributed by atoms with Gasteiger partial charge in [0.15, 0.2) is 9.84 Å². The molecule has 6 heteroatoms. The van der Waals surface area contributed by atoms with Gasteiger partial charge in [0.25, 0.3) is 5.91 Å². The average molecular weight is 373 g/mol. The van der Waals surface area contributed by atoms with E-state index in [9.17, 15) is 13.2 Å². The molecule has 2 aromatic rings. The fourth-order valence-corrected chi connectivity index (χ4v) is 4.95. The molecule has 0 radical (unpaired) electrons. The molecule has 1 saturated heterocycles. The van der Waals surface area contributed by atoms with Crippen LogP contribution in [0.25, 0.3) is 0 Å². The Labute approximate surface area is 154 Å². The Hall–Kier alpha value is -2.34. The zero-order chi connectivity index (χ0) is 18.6. The lowest BCUT2D eigenvalue weighted by Gasteiger charge is -2.25. The van der Waals surface area contributed by atoms with Crippen molar-refractivity contribution in [2.75, 3.05) is 18.9 Å². The third-order valence-electron chi connectivity index (χ3n) is 4.57. The highest BCUT2D eigenvalue weighted by atomic mass is 32.2. The molecule has 0 saturated carbocycles. The van der Waals surface area contributed by atoms with Crippen molar-refractivity contribution in [2.45, 2.75) is 30.7 Å². The van der Waals surface area contributed by atoms with Gasteiger partial charge in [0.05, 0.1) is 22.8 Å². The van der Waals surface area contributed by atoms with Crippen LogP contribution in [-0.2, 0) is 9.84 Å². The molecular weight excluding hydrogens is 350 g/mol. The predicted octanol–water partition coefficient (Wildman–Crippen LogP) is 3.16. The van der Waals surface area contributed by atoms with Gasteiger partial charge in [0.1, 0.15) is 5.75 Å². The number of likely N-dealkylation sites (tertiary alicyclic amines) is 1. The summed E-state index contributed by atoms with van der Waals surface area (Å²) >= 11 is 0. The molecule has 1 aliphatic heterocycles. The molecule has 1 unspecified atom stereocenters. The van der Waals surface area contributed by atoms with E-state index in [0.29, 0.717) is 35.8 Å². The van der Waals surface area contributed by atoms with Gasteiger partial charge >= 0.3 is 0 Å². The lowest BCUT2D eigenvalue weighted by Crippen LogP contribution is -2.39. The van der Waals surface area contributed by atoms with E-state index >= 15 is 0 Å². The number of carbonyl (C=O) groups is 1. The summed E-state index contributed by atoms with van der Waals surface area (Å²) in [6.07, 6.45) is 1.49. The van der Waals surface area contributed by atoms with E-state index < -0.39 is 9.84 Å². The van der Waals surface area contributed by atoms with Crippen LogP contribution in [0.2, 0.25) is 0 Å². The maximum atomic E-state index is 13.0. The first-order valence-corrected chi connectivity index (χ1v) is 10.5. The van der Waals surface area contributed by atoms with Gasteiger partial charge < -0.3 is 9.64 Å². The number of ether oxygens (including phenoxy) is 1. The number of nitrogens with zero attached hydrogens (tertiary/aromatic N) is 1. The lowest BCUT2D eigenvalue weighted by atomic mass is 10.1. The van der Waals surface area contributed by atoms with E-state index in [1.165, 1.54) is 0 Å². The van der Waals surface area contributed by atoms with Gasteiger partial charge in [0, 0.05) is 12.6 Å². The topological polar surface area (TPSA) is 63.7 Å². The minimum Gasteiger partial charge on any atom is -0.493 e. The molecule has 2 aromatic carbocycles. The molecule has 1 aliphatic rings. The van der Waals surface area contributed by atoms with Crippen molar-refractivity contribution >= 4 is 15.7 Å². The summed E-state index contributed by atoms with van der Waals surface area (Å²) in [5, 5.41) is 0. The molecular formula is C20H23NO4S. The number of benzene rings is 2. The summed E-state index contributed by atoms with van der Waals surface area (Å²) < 4.78 is 31.0. The fraction of sp³-hybridized carbons (Fsp3) is 0.350. The van der Waals surface area contributed by atoms with Gasteiger partial charge in [-0.25, -0.2) is 8.42 Å². The molecule has 0 N–H and O–H groups in total. The highest BCUT2D eigenvalue weighted by Crippen LogP contribution is 2.27. The van der Waals surface area contributed by atoms with Crippen molar-refractivity contribution in [3.05, 3.63) is 60.2 Å². The summed E-state index contributed by atoms with van der Waals surface area (Å²) in [7, 11) is -3.44. The van der Waals surface area contributed by atoms with Crippen LogP contribution in [0.4, 0.5) is 0 Å². The number of carbonyl (C=O) groups excluding carboxylic acids is 1. The molecule has 1 heterocycles. The second-order valence-corrected chi connectivity index (χ2v) is 8.35. The summed E-state index contributed by atoms with van der Waals surface area (Å²) in [5.41, 5.74) is 0.485. The Morgan fingerprint density at radius 2 is 1.81 bits per heavy atom. The Kier molecular flexibility index (Phi) is 5.61. The third-order valence-corrected chi connectivity index (χ3v) is 6.38. The average Bonchev–Trinajstić information content (AvgIpc) is 3.10. The van der Waals surface area contributed by atoms with Gasteiger partial charge in [0.2, 0.25) is 0 Å². The van der Waals surface area contributed by atoms with Crippen LogP contribution in [0, 0.1) is 0 Å². The van der Waals surface area contributed by atoms with Crippen LogP contribution in [0.5, 0.6) is 5.75 Å². The normalized spacial score (nSPS) is 17.3. The fourth-order valence-electron chi connectivity index (χ4n) is 3.33. The quantitative estimate of drug-likeness (QED) is 0.780. The summed E-state index contributed by atoms with van der Waals surface area (Å²) in [6, 6.07) is 15.2. The largest absolute Gasteiger partial charge is 0.493 e. The van der Waals surface area contributed by atoms with Gasteiger partial charge in [-0.1, -0.05) is 30.3 Å². The molecule has 1 atom stereocenters. The zero-order valence-corrected chi connectivity index (χ0v) is 15.6. The second kappa shape index (κ2) is 7.91. The van der Waals surface area contributed by atoms with Gasteiger partial charge in [-0.05, 0) is 44.0 Å². The van der Waals surface area contributed by atoms with E-state index in [1.807, 2.05) is 13.0 Å². The van der Waals surface area contributed by atoms with Crippen LogP contribution in [0.1, 0.15) is 30.1 Å². The van der Waals surface area contributed by atoms with Crippen molar-refractivity contribution in [1.29, 1.82) is 0 Å². The summed E-state index contributed by atoms with van der Waals surface area (Å²) in [6.45, 7) is 2.90. The second-order valence-electron chi connectivity index (χ2n) is 6.32. The van der Waals surface area contributed by atoms with Crippen molar-refractivity contribution in [2.24, 2.45) is 0 Å². The van der Waals surface area contributed by atoms with Gasteiger partial charge in [-0.3, -0.25) is 4.79 Å². The molecule has 1 amide bonds. The molecule has 26 heavy (non-hydrogen) atoms. The molecule has 0 aromatic heterocycles. The van der Waals surface area contributed by atoms with Crippen LogP contribution in [0.3, 0.4) is 0 Å². The lowest BCUT2D eigenvalue weighted by molar-refractivity contribution is 0.0745. The molecule has 3 rings (SSSR count). The minimum atomic E-state index is -3.44. The molecule has 0 aliphatic carbocycles. The predicted molar refractivity (Wildman–Crippen MR) is 100 cm³/mol. The maximum Gasteiger partial charge on any atom is 0.257 e. The first-order chi connectivity index (χ1) is 12.5. The van der Waals surface area contributed by atoms with Gasteiger partial charge in [-0.2, -0.15) is 0 Å². The van der Waals surface area contributed by atoms with E-state index in [2.05, 4.69) is 0 Å². The Morgan fingerprint density at radius 1 is 1.12 bits per heavy atom. The van der Waals surface area contributed by atoms with Crippen molar-refractivity contribution in [1.82, 2.24) is 4.90 Å². The van der Waals surface area contributed by atoms with Crippen molar-refractivity contribution in [3.8, 4) is 5.75 Å². The van der Waals surface area contributed by atoms with E-state index in [0.717, 1.165) is 6.42 Å². The maximum absolute atomic E-state index is 13.0. The van der Waals surface area contributed by atoms with Crippen LogP contribution in [0.15, 0.2) is 59.5 Å². The Morgan fingerprint density at radius 3 is 2.54 bits per heavy atom. The number of hydrogen-bond donors (Lipinski definition) is 0. The number of hydrogen-bond acceptors (Lipinski definition) is 4.